The molecule has 0 heterocycles. The van der Waals surface area contributed by atoms with Gasteiger partial charge in [-0.3, -0.25) is 14.9 Å². The van der Waals surface area contributed by atoms with Crippen LogP contribution in [-0.2, 0) is 9.53 Å². The number of hydrogen-bond donors (Lipinski definition) is 1. The van der Waals surface area contributed by atoms with Crippen LogP contribution in [0.1, 0.15) is 24.9 Å². The van der Waals surface area contributed by atoms with Gasteiger partial charge in [0.1, 0.15) is 17.3 Å². The fourth-order valence-corrected chi connectivity index (χ4v) is 3.44. The molecule has 0 unspecified atom stereocenters. The number of nitrogens with one attached hydrogen (secondary N) is 1. The number of carbonyl (C=O) groups is 1. The summed E-state index contributed by atoms with van der Waals surface area (Å²) < 4.78 is 49.2. The Morgan fingerprint density at radius 1 is 1.37 bits per heavy atom. The summed E-state index contributed by atoms with van der Waals surface area (Å²) >= 11 is 8.96. The van der Waals surface area contributed by atoms with Crippen LogP contribution < -0.4 is 10.1 Å². The largest absolute Gasteiger partial charge is 0.466 e. The second kappa shape index (κ2) is 10.5. The van der Waals surface area contributed by atoms with E-state index in [4.69, 9.17) is 16.3 Å². The lowest BCUT2D eigenvalue weighted by Gasteiger charge is -2.23. The van der Waals surface area contributed by atoms with E-state index in [2.05, 4.69) is 26.0 Å². The highest BCUT2D eigenvalue weighted by atomic mass is 79.9. The third-order valence-corrected chi connectivity index (χ3v) is 4.80. The molecule has 0 aliphatic carbocycles. The number of nitro benzene ring substituents is 1. The Morgan fingerprint density at radius 2 is 2.07 bits per heavy atom. The Morgan fingerprint density at radius 3 is 2.67 bits per heavy atom. The molecule has 0 saturated heterocycles. The van der Waals surface area contributed by atoms with E-state index in [9.17, 15) is 28.1 Å². The number of esters is 1. The molecule has 30 heavy (non-hydrogen) atoms. The Labute approximate surface area is 182 Å². The van der Waals surface area contributed by atoms with Crippen LogP contribution in [0.4, 0.5) is 24.5 Å². The minimum atomic E-state index is -3.16. The Kier molecular flexibility index (Phi) is 8.30. The van der Waals surface area contributed by atoms with E-state index in [0.29, 0.717) is 10.5 Å². The van der Waals surface area contributed by atoms with E-state index in [1.807, 2.05) is 0 Å². The first-order valence-electron chi connectivity index (χ1n) is 8.42. The van der Waals surface area contributed by atoms with Gasteiger partial charge in [0.2, 0.25) is 0 Å². The van der Waals surface area contributed by atoms with Gasteiger partial charge >= 0.3 is 12.6 Å². The van der Waals surface area contributed by atoms with Crippen molar-refractivity contribution >= 4 is 44.9 Å². The zero-order chi connectivity index (χ0) is 22.4. The van der Waals surface area contributed by atoms with E-state index in [1.54, 1.807) is 6.92 Å². The van der Waals surface area contributed by atoms with E-state index >= 15 is 0 Å². The van der Waals surface area contributed by atoms with Crippen LogP contribution in [0.25, 0.3) is 0 Å². The molecule has 0 bridgehead atoms. The monoisotopic (exact) mass is 510 g/mol. The predicted molar refractivity (Wildman–Crippen MR) is 106 cm³/mol. The number of nitrogens with zero attached hydrogens (tertiary/aromatic N) is 1. The summed E-state index contributed by atoms with van der Waals surface area (Å²) in [6, 6.07) is 4.66. The maximum absolute atomic E-state index is 13.7. The second-order valence-electron chi connectivity index (χ2n) is 5.78. The minimum absolute atomic E-state index is 0.0599. The fraction of sp³-hybridized carbons (Fsp3) is 0.278. The molecule has 2 rings (SSSR count). The fourth-order valence-electron chi connectivity index (χ4n) is 2.66. The number of hydrogen-bond acceptors (Lipinski definition) is 6. The molecule has 0 spiro atoms. The molecule has 162 valence electrons. The van der Waals surface area contributed by atoms with Crippen LogP contribution in [0.3, 0.4) is 0 Å². The van der Waals surface area contributed by atoms with E-state index in [0.717, 1.165) is 6.07 Å². The molecule has 0 aliphatic rings. The van der Waals surface area contributed by atoms with Crippen molar-refractivity contribution in [1.29, 1.82) is 0 Å². The maximum atomic E-state index is 13.7. The number of nitro groups is 1. The van der Waals surface area contributed by atoms with Crippen molar-refractivity contribution in [3.8, 4) is 5.75 Å². The van der Waals surface area contributed by atoms with Gasteiger partial charge in [0, 0.05) is 10.0 Å². The first-order valence-corrected chi connectivity index (χ1v) is 9.59. The minimum Gasteiger partial charge on any atom is -0.466 e. The highest BCUT2D eigenvalue weighted by Gasteiger charge is 2.28. The van der Waals surface area contributed by atoms with Crippen LogP contribution in [0.5, 0.6) is 5.75 Å². The van der Waals surface area contributed by atoms with Gasteiger partial charge in [-0.15, -0.1) is 0 Å². The lowest BCUT2D eigenvalue weighted by Crippen LogP contribution is -2.20. The van der Waals surface area contributed by atoms with Crippen molar-refractivity contribution in [3.63, 3.8) is 0 Å². The quantitative estimate of drug-likeness (QED) is 0.258. The van der Waals surface area contributed by atoms with Crippen LogP contribution in [-0.4, -0.2) is 24.1 Å². The molecule has 0 radical (unpaired) electrons. The van der Waals surface area contributed by atoms with Crippen LogP contribution in [0.2, 0.25) is 5.02 Å². The van der Waals surface area contributed by atoms with Gasteiger partial charge < -0.3 is 14.8 Å². The van der Waals surface area contributed by atoms with Gasteiger partial charge in [0.25, 0.3) is 5.69 Å². The predicted octanol–water partition coefficient (Wildman–Crippen LogP) is 5.86. The Hall–Kier alpha value is -2.53. The number of ether oxygens (including phenoxy) is 2. The van der Waals surface area contributed by atoms with Crippen molar-refractivity contribution in [1.82, 2.24) is 0 Å². The molecule has 1 atom stereocenters. The summed E-state index contributed by atoms with van der Waals surface area (Å²) in [7, 11) is 0. The van der Waals surface area contributed by atoms with Crippen molar-refractivity contribution in [2.45, 2.75) is 26.0 Å². The first-order chi connectivity index (χ1) is 14.1. The van der Waals surface area contributed by atoms with Crippen LogP contribution >= 0.6 is 27.5 Å². The number of rotatable bonds is 9. The van der Waals surface area contributed by atoms with Gasteiger partial charge in [-0.25, -0.2) is 4.39 Å². The molecule has 0 fully saturated rings. The number of anilines is 1. The van der Waals surface area contributed by atoms with E-state index in [1.165, 1.54) is 18.2 Å². The molecule has 0 amide bonds. The Balaban J connectivity index is 2.58. The molecule has 1 N–H and O–H groups in total. The third-order valence-electron chi connectivity index (χ3n) is 3.82. The zero-order valence-corrected chi connectivity index (χ0v) is 17.7. The summed E-state index contributed by atoms with van der Waals surface area (Å²) in [5.74, 6) is -1.99. The number of carbonyl (C=O) groups excluding carboxylic acids is 1. The molecule has 0 aliphatic heterocycles. The normalized spacial score (nSPS) is 11.8. The van der Waals surface area contributed by atoms with Gasteiger partial charge in [-0.1, -0.05) is 33.6 Å². The first kappa shape index (κ1) is 23.7. The lowest BCUT2D eigenvalue weighted by molar-refractivity contribution is -0.384. The average molecular weight is 512 g/mol. The molecular formula is C18H15BrClF3N2O5. The number of benzene rings is 2. The molecule has 0 aromatic heterocycles. The summed E-state index contributed by atoms with van der Waals surface area (Å²) in [5.41, 5.74) is -0.797. The third kappa shape index (κ3) is 5.99. The van der Waals surface area contributed by atoms with Crippen molar-refractivity contribution in [2.24, 2.45) is 0 Å². The molecule has 0 saturated carbocycles. The van der Waals surface area contributed by atoms with E-state index < -0.39 is 46.5 Å². The van der Waals surface area contributed by atoms with Gasteiger partial charge in [0.15, 0.2) is 0 Å². The molecule has 7 nitrogen and oxygen atoms in total. The Bertz CT molecular complexity index is 948. The summed E-state index contributed by atoms with van der Waals surface area (Å²) in [5, 5.41) is 13.6. The highest BCUT2D eigenvalue weighted by molar-refractivity contribution is 9.10. The second-order valence-corrected chi connectivity index (χ2v) is 7.04. The molecular weight excluding hydrogens is 497 g/mol. The van der Waals surface area contributed by atoms with Crippen molar-refractivity contribution in [3.05, 3.63) is 61.3 Å². The number of alkyl halides is 2. The average Bonchev–Trinajstić information content (AvgIpc) is 2.63. The zero-order valence-electron chi connectivity index (χ0n) is 15.3. The maximum Gasteiger partial charge on any atom is 0.387 e. The van der Waals surface area contributed by atoms with Gasteiger partial charge in [0.05, 0.1) is 35.1 Å². The summed E-state index contributed by atoms with van der Waals surface area (Å²) in [6.45, 7) is -1.52. The topological polar surface area (TPSA) is 90.7 Å². The molecule has 2 aromatic rings. The molecule has 2 aromatic carbocycles. The SMILES string of the molecule is CCOC(=O)C[C@@H](Nc1cc(Cl)c(F)cc1[N+](=O)[O-])c1c(Br)cccc1OC(F)F. The summed E-state index contributed by atoms with van der Waals surface area (Å²) in [6.07, 6.45) is -0.401. The summed E-state index contributed by atoms with van der Waals surface area (Å²) in [4.78, 5) is 22.6. The number of halogens is 5. The lowest BCUT2D eigenvalue weighted by atomic mass is 10.0. The van der Waals surface area contributed by atoms with E-state index in [-0.39, 0.29) is 23.6 Å². The van der Waals surface area contributed by atoms with Gasteiger partial charge in [-0.2, -0.15) is 8.78 Å². The molecule has 12 heteroatoms. The van der Waals surface area contributed by atoms with Crippen molar-refractivity contribution < 1.29 is 32.4 Å². The van der Waals surface area contributed by atoms with Gasteiger partial charge in [-0.05, 0) is 25.1 Å². The van der Waals surface area contributed by atoms with Crippen LogP contribution in [0.15, 0.2) is 34.8 Å². The van der Waals surface area contributed by atoms with Crippen LogP contribution in [0, 0.1) is 15.9 Å². The highest BCUT2D eigenvalue weighted by Crippen LogP contribution is 2.39. The van der Waals surface area contributed by atoms with Crippen molar-refractivity contribution in [2.75, 3.05) is 11.9 Å². The smallest absolute Gasteiger partial charge is 0.387 e. The standard InChI is InChI=1S/C18H15BrClF3N2O5/c1-2-29-16(26)8-13(17-9(19)4-3-5-15(17)30-18(22)23)24-12-6-10(20)11(21)7-14(12)25(27)28/h3-7,13,18,24H,2,8H2,1H3/t13-/m1/s1.